The van der Waals surface area contributed by atoms with Crippen LogP contribution in [-0.2, 0) is 14.3 Å². The van der Waals surface area contributed by atoms with E-state index in [0.717, 1.165) is 4.47 Å². The molecule has 5 heteroatoms. The molecule has 0 amide bonds. The van der Waals surface area contributed by atoms with Crippen molar-refractivity contribution < 1.29 is 12.6 Å². The van der Waals surface area contributed by atoms with Crippen molar-refractivity contribution in [1.29, 1.82) is 0 Å². The molecular weight excluding hydrogens is 244 g/mol. The fraction of sp³-hybridized carbons (Fsp3) is 0. The van der Waals surface area contributed by atoms with Gasteiger partial charge in [-0.05, 0) is 24.3 Å². The smallest absolute Gasteiger partial charge is 0.257 e. The molecule has 0 fully saturated rings. The van der Waals surface area contributed by atoms with Crippen LogP contribution in [0.25, 0.3) is 0 Å². The van der Waals surface area contributed by atoms with Crippen LogP contribution < -0.4 is 0 Å². The van der Waals surface area contributed by atoms with Crippen LogP contribution in [0.5, 0.6) is 0 Å². The number of hydrogen-bond acceptors (Lipinski definition) is 3. The van der Waals surface area contributed by atoms with Gasteiger partial charge in [-0.1, -0.05) is 15.9 Å². The van der Waals surface area contributed by atoms with Gasteiger partial charge in [-0.15, -0.1) is 0 Å². The summed E-state index contributed by atoms with van der Waals surface area (Å²) in [5, 5.41) is 0. The summed E-state index contributed by atoms with van der Waals surface area (Å²) >= 11 is 3.17. The Labute approximate surface area is 79.6 Å². The van der Waals surface area contributed by atoms with Crippen LogP contribution in [0, 0.1) is 7.11 Å². The lowest BCUT2D eigenvalue weighted by Gasteiger charge is -1.99. The molecule has 0 heterocycles. The molecule has 1 rings (SSSR count). The first-order chi connectivity index (χ1) is 5.56. The third-order valence-corrected chi connectivity index (χ3v) is 2.86. The molecule has 12 heavy (non-hydrogen) atoms. The third kappa shape index (κ3) is 2.06. The summed E-state index contributed by atoms with van der Waals surface area (Å²) in [5.74, 6) is 0. The molecule has 1 aromatic rings. The highest BCUT2D eigenvalue weighted by Gasteiger charge is 2.11. The lowest BCUT2D eigenvalue weighted by molar-refractivity contribution is 0.438. The summed E-state index contributed by atoms with van der Waals surface area (Å²) < 4.78 is 26.5. The zero-order valence-corrected chi connectivity index (χ0v) is 8.30. The molecule has 0 saturated carbocycles. The van der Waals surface area contributed by atoms with Crippen molar-refractivity contribution >= 4 is 26.0 Å². The third-order valence-electron chi connectivity index (χ3n) is 1.23. The van der Waals surface area contributed by atoms with Crippen molar-refractivity contribution in [2.24, 2.45) is 0 Å². The van der Waals surface area contributed by atoms with Gasteiger partial charge in [-0.3, -0.25) is 4.18 Å². The van der Waals surface area contributed by atoms with Gasteiger partial charge in [0.1, 0.15) is 7.11 Å². The molecule has 0 aliphatic heterocycles. The number of rotatable bonds is 2. The molecule has 0 unspecified atom stereocenters. The molecular formula is C7H5BrO3S. The Hall–Kier alpha value is -0.390. The Morgan fingerprint density at radius 1 is 1.25 bits per heavy atom. The van der Waals surface area contributed by atoms with Gasteiger partial charge < -0.3 is 0 Å². The van der Waals surface area contributed by atoms with E-state index < -0.39 is 10.1 Å². The topological polar surface area (TPSA) is 43.4 Å². The van der Waals surface area contributed by atoms with E-state index in [1.54, 1.807) is 12.1 Å². The van der Waals surface area contributed by atoms with E-state index in [2.05, 4.69) is 27.2 Å². The van der Waals surface area contributed by atoms with Crippen molar-refractivity contribution in [3.05, 3.63) is 35.8 Å². The Bertz CT molecular complexity index is 355. The fourth-order valence-electron chi connectivity index (χ4n) is 0.657. The molecule has 0 bridgehead atoms. The van der Waals surface area contributed by atoms with E-state index >= 15 is 0 Å². The second kappa shape index (κ2) is 3.55. The van der Waals surface area contributed by atoms with Crippen LogP contribution in [0.2, 0.25) is 0 Å². The van der Waals surface area contributed by atoms with Crippen molar-refractivity contribution in [2.45, 2.75) is 4.90 Å². The van der Waals surface area contributed by atoms with E-state index in [0.29, 0.717) is 0 Å². The quantitative estimate of drug-likeness (QED) is 0.751. The molecule has 3 nitrogen and oxygen atoms in total. The molecule has 0 spiro atoms. The van der Waals surface area contributed by atoms with E-state index in [4.69, 9.17) is 0 Å². The molecule has 1 aromatic carbocycles. The fourth-order valence-corrected chi connectivity index (χ4v) is 1.50. The first-order valence-electron chi connectivity index (χ1n) is 2.95. The van der Waals surface area contributed by atoms with Crippen LogP contribution >= 0.6 is 15.9 Å². The van der Waals surface area contributed by atoms with Crippen LogP contribution in [0.15, 0.2) is 33.6 Å². The van der Waals surface area contributed by atoms with Crippen molar-refractivity contribution in [3.8, 4) is 0 Å². The summed E-state index contributed by atoms with van der Waals surface area (Å²) in [4.78, 5) is 0.0354. The normalized spacial score (nSPS) is 11.5. The van der Waals surface area contributed by atoms with Gasteiger partial charge in [0.05, 0.1) is 4.90 Å². The zero-order chi connectivity index (χ0) is 9.19. The van der Waals surface area contributed by atoms with E-state index in [1.165, 1.54) is 12.1 Å². The van der Waals surface area contributed by atoms with Crippen LogP contribution in [0.3, 0.4) is 0 Å². The maximum absolute atomic E-state index is 10.9. The van der Waals surface area contributed by atoms with Crippen LogP contribution in [0.1, 0.15) is 0 Å². The molecule has 0 atom stereocenters. The minimum Gasteiger partial charge on any atom is -0.257 e. The van der Waals surface area contributed by atoms with Gasteiger partial charge in [0.25, 0.3) is 10.1 Å². The molecule has 0 N–H and O–H groups in total. The highest BCUT2D eigenvalue weighted by molar-refractivity contribution is 9.10. The van der Waals surface area contributed by atoms with Gasteiger partial charge in [0.15, 0.2) is 0 Å². The molecule has 0 saturated heterocycles. The van der Waals surface area contributed by atoms with Gasteiger partial charge in [0, 0.05) is 4.47 Å². The number of halogens is 1. The zero-order valence-electron chi connectivity index (χ0n) is 5.90. The summed E-state index contributed by atoms with van der Waals surface area (Å²) in [6.45, 7) is 0. The summed E-state index contributed by atoms with van der Waals surface area (Å²) in [5.41, 5.74) is 0. The van der Waals surface area contributed by atoms with Crippen molar-refractivity contribution in [2.75, 3.05) is 0 Å². The second-order valence-electron chi connectivity index (χ2n) is 2.00. The summed E-state index contributed by atoms with van der Waals surface area (Å²) in [7, 11) is 0.819. The average molecular weight is 249 g/mol. The van der Waals surface area contributed by atoms with Gasteiger partial charge in [0.2, 0.25) is 0 Å². The molecule has 0 aliphatic carbocycles. The first-order valence-corrected chi connectivity index (χ1v) is 5.15. The van der Waals surface area contributed by atoms with E-state index in [1.807, 2.05) is 0 Å². The van der Waals surface area contributed by atoms with Gasteiger partial charge >= 0.3 is 0 Å². The number of benzene rings is 1. The van der Waals surface area contributed by atoms with Crippen LogP contribution in [-0.4, -0.2) is 8.42 Å². The Morgan fingerprint density at radius 3 is 2.17 bits per heavy atom. The largest absolute Gasteiger partial charge is 0.297 e. The Kier molecular flexibility index (Phi) is 2.87. The molecule has 64 valence electrons. The maximum atomic E-state index is 10.9. The van der Waals surface area contributed by atoms with E-state index in [9.17, 15) is 8.42 Å². The van der Waals surface area contributed by atoms with Gasteiger partial charge in [-0.2, -0.15) is 8.42 Å². The minimum atomic E-state index is -3.76. The summed E-state index contributed by atoms with van der Waals surface area (Å²) in [6.07, 6.45) is 0. The average Bonchev–Trinajstić information content (AvgIpc) is 2.05. The molecule has 0 aromatic heterocycles. The Morgan fingerprint density at radius 2 is 1.75 bits per heavy atom. The monoisotopic (exact) mass is 248 g/mol. The minimum absolute atomic E-state index is 0.0354. The highest BCUT2D eigenvalue weighted by atomic mass is 79.9. The maximum Gasteiger partial charge on any atom is 0.297 e. The standard InChI is InChI=1S/C7H5BrO3S/c1-11-12(9,10)7-4-2-6(8)3-5-7/h1-5H. The SMILES string of the molecule is [CH]OS(=O)(=O)c1ccc(Br)cc1. The van der Waals surface area contributed by atoms with Gasteiger partial charge in [-0.25, -0.2) is 0 Å². The number of hydrogen-bond donors (Lipinski definition) is 0. The predicted molar refractivity (Wildman–Crippen MR) is 46.7 cm³/mol. The lowest BCUT2D eigenvalue weighted by Crippen LogP contribution is -2.00. The summed E-state index contributed by atoms with van der Waals surface area (Å²) in [6, 6.07) is 5.97. The Balaban J connectivity index is 3.14. The second-order valence-corrected chi connectivity index (χ2v) is 4.49. The lowest BCUT2D eigenvalue weighted by atomic mass is 10.4. The molecule has 0 aliphatic rings. The predicted octanol–water partition coefficient (Wildman–Crippen LogP) is 1.82. The van der Waals surface area contributed by atoms with Crippen molar-refractivity contribution in [1.82, 2.24) is 0 Å². The van der Waals surface area contributed by atoms with E-state index in [-0.39, 0.29) is 4.90 Å². The van der Waals surface area contributed by atoms with Crippen molar-refractivity contribution in [3.63, 3.8) is 0 Å². The highest BCUT2D eigenvalue weighted by Crippen LogP contribution is 2.15. The first kappa shape index (κ1) is 9.70. The molecule has 2 radical (unpaired) electrons. The van der Waals surface area contributed by atoms with Crippen LogP contribution in [0.4, 0.5) is 0 Å².